The molecule has 1 aromatic heterocycles. The number of nitrogens with zero attached hydrogens (tertiary/aromatic N) is 2. The molecule has 0 bridgehead atoms. The van der Waals surface area contributed by atoms with Gasteiger partial charge in [0.05, 0.1) is 16.2 Å². The fourth-order valence-electron chi connectivity index (χ4n) is 2.99. The van der Waals surface area contributed by atoms with Gasteiger partial charge in [-0.25, -0.2) is 4.98 Å². The molecule has 0 unspecified atom stereocenters. The average molecular weight is 327 g/mol. The van der Waals surface area contributed by atoms with Gasteiger partial charge in [-0.1, -0.05) is 0 Å². The highest BCUT2D eigenvalue weighted by Crippen LogP contribution is 2.37. The van der Waals surface area contributed by atoms with Crippen molar-refractivity contribution in [3.05, 3.63) is 49.5 Å². The summed E-state index contributed by atoms with van der Waals surface area (Å²) >= 11 is 1.61. The van der Waals surface area contributed by atoms with E-state index in [1.54, 1.807) is 23.5 Å². The highest BCUT2D eigenvalue weighted by molar-refractivity contribution is 7.12. The third kappa shape index (κ3) is 2.43. The summed E-state index contributed by atoms with van der Waals surface area (Å²) < 4.78 is 0. The van der Waals surface area contributed by atoms with Crippen molar-refractivity contribution in [3.8, 4) is 0 Å². The van der Waals surface area contributed by atoms with Crippen molar-refractivity contribution in [1.29, 1.82) is 0 Å². The van der Waals surface area contributed by atoms with Crippen LogP contribution in [0.2, 0.25) is 0 Å². The molecular weight excluding hydrogens is 314 g/mol. The Balaban J connectivity index is 1.77. The number of nitro groups is 1. The van der Waals surface area contributed by atoms with Gasteiger partial charge in [0.1, 0.15) is 5.01 Å². The predicted octanol–water partition coefficient (Wildman–Crippen LogP) is 3.42. The van der Waals surface area contributed by atoms with Gasteiger partial charge in [0.15, 0.2) is 0 Å². The lowest BCUT2D eigenvalue weighted by Crippen LogP contribution is -2.03. The monoisotopic (exact) mass is 327 g/mol. The van der Waals surface area contributed by atoms with E-state index in [4.69, 9.17) is 0 Å². The summed E-state index contributed by atoms with van der Waals surface area (Å²) in [4.78, 5) is 28.6. The zero-order valence-electron chi connectivity index (χ0n) is 12.2. The Bertz CT molecular complexity index is 846. The molecular formula is C16H13N3O3S. The first-order valence-corrected chi connectivity index (χ1v) is 8.24. The molecule has 4 rings (SSSR count). The quantitative estimate of drug-likeness (QED) is 0.520. The fraction of sp³-hybridized carbons (Fsp3) is 0.250. The van der Waals surface area contributed by atoms with Crippen LogP contribution >= 0.6 is 11.3 Å². The number of nitro benzene ring substituents is 1. The van der Waals surface area contributed by atoms with Crippen LogP contribution in [0.25, 0.3) is 11.6 Å². The van der Waals surface area contributed by atoms with E-state index in [1.165, 1.54) is 23.4 Å². The van der Waals surface area contributed by atoms with Crippen molar-refractivity contribution in [2.45, 2.75) is 25.7 Å². The molecule has 2 heterocycles. The Hall–Kier alpha value is -2.54. The van der Waals surface area contributed by atoms with E-state index in [0.29, 0.717) is 16.8 Å². The molecule has 6 nitrogen and oxygen atoms in total. The largest absolute Gasteiger partial charge is 0.321 e. The molecule has 0 fully saturated rings. The smallest absolute Gasteiger partial charge is 0.270 e. The Morgan fingerprint density at radius 1 is 1.30 bits per heavy atom. The van der Waals surface area contributed by atoms with Crippen LogP contribution in [0, 0.1) is 10.1 Å². The van der Waals surface area contributed by atoms with Crippen LogP contribution in [-0.2, 0) is 17.6 Å². The minimum Gasteiger partial charge on any atom is -0.321 e. The van der Waals surface area contributed by atoms with Gasteiger partial charge >= 0.3 is 0 Å². The van der Waals surface area contributed by atoms with Crippen molar-refractivity contribution in [3.63, 3.8) is 0 Å². The summed E-state index contributed by atoms with van der Waals surface area (Å²) in [6.45, 7) is 0. The lowest BCUT2D eigenvalue weighted by atomic mass is 10.0. The van der Waals surface area contributed by atoms with Crippen LogP contribution in [0.1, 0.15) is 34.0 Å². The molecule has 0 saturated carbocycles. The number of rotatable bonds is 2. The summed E-state index contributed by atoms with van der Waals surface area (Å²) in [5.74, 6) is -0.242. The third-order valence-corrected chi connectivity index (χ3v) is 5.23. The van der Waals surface area contributed by atoms with Gasteiger partial charge in [-0.3, -0.25) is 14.9 Å². The highest BCUT2D eigenvalue weighted by Gasteiger charge is 2.27. The normalized spacial score (nSPS) is 17.7. The Kier molecular flexibility index (Phi) is 3.23. The number of thiazole rings is 1. The van der Waals surface area contributed by atoms with Crippen LogP contribution in [0.4, 0.5) is 11.4 Å². The minimum atomic E-state index is -0.456. The van der Waals surface area contributed by atoms with Crippen LogP contribution in [-0.4, -0.2) is 15.8 Å². The van der Waals surface area contributed by atoms with Crippen molar-refractivity contribution in [2.75, 3.05) is 5.32 Å². The second kappa shape index (κ2) is 5.27. The number of benzene rings is 1. The molecule has 7 heteroatoms. The Labute approximate surface area is 136 Å². The molecule has 0 saturated heterocycles. The van der Waals surface area contributed by atoms with Gasteiger partial charge in [0.2, 0.25) is 0 Å². The molecule has 1 N–H and O–H groups in total. The van der Waals surface area contributed by atoms with Crippen LogP contribution in [0.15, 0.2) is 18.2 Å². The number of hydrogen-bond acceptors (Lipinski definition) is 5. The van der Waals surface area contributed by atoms with E-state index >= 15 is 0 Å². The summed E-state index contributed by atoms with van der Waals surface area (Å²) in [5, 5.41) is 14.5. The molecule has 2 aliphatic rings. The predicted molar refractivity (Wildman–Crippen MR) is 88.4 cm³/mol. The first-order chi connectivity index (χ1) is 11.1. The molecule has 116 valence electrons. The number of hydrogen-bond donors (Lipinski definition) is 1. The van der Waals surface area contributed by atoms with Crippen molar-refractivity contribution >= 4 is 40.3 Å². The molecule has 23 heavy (non-hydrogen) atoms. The van der Waals surface area contributed by atoms with E-state index in [9.17, 15) is 14.9 Å². The molecule has 0 spiro atoms. The molecule has 1 aliphatic carbocycles. The number of carbonyl (C=O) groups excluding carboxylic acids is 1. The second-order valence-electron chi connectivity index (χ2n) is 5.63. The number of aromatic nitrogens is 1. The van der Waals surface area contributed by atoms with Crippen molar-refractivity contribution in [1.82, 2.24) is 4.98 Å². The minimum absolute atomic E-state index is 0.0235. The zero-order valence-corrected chi connectivity index (χ0v) is 13.0. The second-order valence-corrected chi connectivity index (χ2v) is 6.74. The van der Waals surface area contributed by atoms with Crippen molar-refractivity contribution in [2.24, 2.45) is 0 Å². The average Bonchev–Trinajstić information content (AvgIpc) is 3.08. The van der Waals surface area contributed by atoms with Crippen molar-refractivity contribution < 1.29 is 9.72 Å². The summed E-state index contributed by atoms with van der Waals surface area (Å²) in [7, 11) is 0. The number of non-ortho nitro benzene ring substituents is 1. The Morgan fingerprint density at radius 2 is 2.13 bits per heavy atom. The van der Waals surface area contributed by atoms with Crippen LogP contribution in [0.5, 0.6) is 0 Å². The number of fused-ring (bicyclic) bond motifs is 2. The molecule has 0 atom stereocenters. The fourth-order valence-corrected chi connectivity index (χ4v) is 4.09. The first-order valence-electron chi connectivity index (χ1n) is 7.42. The number of nitrogens with one attached hydrogen (secondary N) is 1. The lowest BCUT2D eigenvalue weighted by molar-refractivity contribution is -0.384. The maximum Gasteiger partial charge on any atom is 0.270 e. The lowest BCUT2D eigenvalue weighted by Gasteiger charge is -2.06. The Morgan fingerprint density at radius 3 is 2.91 bits per heavy atom. The summed E-state index contributed by atoms with van der Waals surface area (Å²) in [5.41, 5.74) is 2.72. The summed E-state index contributed by atoms with van der Waals surface area (Å²) in [6, 6.07) is 4.40. The molecule has 0 radical (unpaired) electrons. The molecule has 2 aromatic rings. The maximum absolute atomic E-state index is 12.2. The molecule has 1 aromatic carbocycles. The van der Waals surface area contributed by atoms with E-state index in [0.717, 1.165) is 30.0 Å². The number of aryl methyl sites for hydroxylation is 2. The van der Waals surface area contributed by atoms with E-state index in [1.807, 2.05) is 0 Å². The van der Waals surface area contributed by atoms with Crippen LogP contribution < -0.4 is 5.32 Å². The van der Waals surface area contributed by atoms with Gasteiger partial charge in [-0.15, -0.1) is 11.3 Å². The highest BCUT2D eigenvalue weighted by atomic mass is 32.1. The van der Waals surface area contributed by atoms with Gasteiger partial charge in [0.25, 0.3) is 11.6 Å². The van der Waals surface area contributed by atoms with Gasteiger partial charge in [-0.2, -0.15) is 0 Å². The first kappa shape index (κ1) is 14.1. The standard InChI is InChI=1S/C16H13N3O3S/c20-16-11(8-15-17-13-3-1-2-4-14(13)23-15)10-7-9(19(21)22)5-6-12(10)18-16/h5-8H,1-4H2,(H,18,20). The SMILES string of the molecule is O=C1Nc2ccc([N+](=O)[O-])cc2C1=Cc1nc2c(s1)CCCC2. The number of anilines is 1. The maximum atomic E-state index is 12.2. The topological polar surface area (TPSA) is 85.1 Å². The third-order valence-electron chi connectivity index (χ3n) is 4.13. The van der Waals surface area contributed by atoms with E-state index in [-0.39, 0.29) is 11.6 Å². The van der Waals surface area contributed by atoms with Gasteiger partial charge in [0, 0.05) is 28.3 Å². The molecule has 1 aliphatic heterocycles. The van der Waals surface area contributed by atoms with E-state index < -0.39 is 4.92 Å². The zero-order chi connectivity index (χ0) is 16.0. The van der Waals surface area contributed by atoms with Crippen LogP contribution in [0.3, 0.4) is 0 Å². The number of amides is 1. The van der Waals surface area contributed by atoms with Gasteiger partial charge < -0.3 is 5.32 Å². The van der Waals surface area contributed by atoms with E-state index in [2.05, 4.69) is 10.3 Å². The molecule has 1 amide bonds. The van der Waals surface area contributed by atoms with Gasteiger partial charge in [-0.05, 0) is 37.8 Å². The summed E-state index contributed by atoms with van der Waals surface area (Å²) in [6.07, 6.45) is 6.12. The number of carbonyl (C=O) groups is 1.